The second-order valence-corrected chi connectivity index (χ2v) is 16.7. The molecule has 0 aliphatic heterocycles. The highest BCUT2D eigenvalue weighted by Crippen LogP contribution is 2.43. The molecule has 0 aromatic rings. The van der Waals surface area contributed by atoms with Crippen molar-refractivity contribution in [2.75, 3.05) is 26.4 Å². The Morgan fingerprint density at radius 2 is 0.891 bits per heavy atom. The Balaban J connectivity index is 4.07. The molecule has 0 rings (SSSR count). The molecule has 10 heteroatoms. The summed E-state index contributed by atoms with van der Waals surface area (Å²) in [5.74, 6) is -0.842. The third-order valence-electron chi connectivity index (χ3n) is 9.81. The van der Waals surface area contributed by atoms with Crippen LogP contribution < -0.4 is 5.73 Å². The van der Waals surface area contributed by atoms with Crippen LogP contribution in [-0.4, -0.2) is 49.3 Å². The minimum atomic E-state index is -4.38. The quantitative estimate of drug-likeness (QED) is 0.0267. The lowest BCUT2D eigenvalue weighted by atomic mass is 10.0. The summed E-state index contributed by atoms with van der Waals surface area (Å²) in [6, 6.07) is 0. The summed E-state index contributed by atoms with van der Waals surface area (Å²) in [4.78, 5) is 34.9. The monoisotopic (exact) mass is 800 g/mol. The predicted molar refractivity (Wildman–Crippen MR) is 229 cm³/mol. The van der Waals surface area contributed by atoms with Gasteiger partial charge in [0.1, 0.15) is 6.61 Å². The van der Waals surface area contributed by atoms with Crippen LogP contribution in [0.5, 0.6) is 0 Å². The van der Waals surface area contributed by atoms with Crippen molar-refractivity contribution in [1.82, 2.24) is 0 Å². The molecule has 3 N–H and O–H groups in total. The Morgan fingerprint density at radius 1 is 0.527 bits per heavy atom. The second-order valence-electron chi connectivity index (χ2n) is 15.3. The van der Waals surface area contributed by atoms with Crippen LogP contribution in [0.3, 0.4) is 0 Å². The van der Waals surface area contributed by atoms with E-state index in [0.29, 0.717) is 6.42 Å². The first kappa shape index (κ1) is 53.5. The number of phosphoric ester groups is 1. The Kier molecular flexibility index (Phi) is 40.9. The van der Waals surface area contributed by atoms with Gasteiger partial charge in [-0.2, -0.15) is 0 Å². The fourth-order valence-corrected chi connectivity index (χ4v) is 7.15. The van der Waals surface area contributed by atoms with Crippen molar-refractivity contribution in [3.05, 3.63) is 24.3 Å². The summed E-state index contributed by atoms with van der Waals surface area (Å²) >= 11 is 0. The highest BCUT2D eigenvalue weighted by Gasteiger charge is 2.26. The first-order chi connectivity index (χ1) is 26.8. The molecular weight excluding hydrogens is 713 g/mol. The SMILES string of the molecule is CCCCCCCC/C=C/CCCCCCCCCCCCCC(=O)OC[C@@H](COP(=O)(O)OCCN)OC(=O)CCCCC/C=C/CCCCCCCC. The molecule has 0 aromatic carbocycles. The lowest BCUT2D eigenvalue weighted by Crippen LogP contribution is -2.29. The van der Waals surface area contributed by atoms with E-state index in [1.54, 1.807) is 0 Å². The summed E-state index contributed by atoms with van der Waals surface area (Å²) in [5.41, 5.74) is 5.35. The molecule has 0 aromatic heterocycles. The lowest BCUT2D eigenvalue weighted by molar-refractivity contribution is -0.161. The van der Waals surface area contributed by atoms with Crippen molar-refractivity contribution in [3.8, 4) is 0 Å². The smallest absolute Gasteiger partial charge is 0.462 e. The summed E-state index contributed by atoms with van der Waals surface area (Å²) in [6.07, 6.45) is 45.0. The van der Waals surface area contributed by atoms with Gasteiger partial charge in [0.15, 0.2) is 6.10 Å². The highest BCUT2D eigenvalue weighted by atomic mass is 31.2. The summed E-state index contributed by atoms with van der Waals surface area (Å²) in [7, 11) is -4.38. The summed E-state index contributed by atoms with van der Waals surface area (Å²) < 4.78 is 32.8. The fourth-order valence-electron chi connectivity index (χ4n) is 6.39. The normalized spacial score (nSPS) is 13.5. The van der Waals surface area contributed by atoms with Gasteiger partial charge in [-0.1, -0.05) is 167 Å². The van der Waals surface area contributed by atoms with Gasteiger partial charge in [0.2, 0.25) is 0 Å². The van der Waals surface area contributed by atoms with Gasteiger partial charge in [0.25, 0.3) is 0 Å². The van der Waals surface area contributed by atoms with Crippen LogP contribution in [0.25, 0.3) is 0 Å². The first-order valence-electron chi connectivity index (χ1n) is 22.8. The van der Waals surface area contributed by atoms with Crippen molar-refractivity contribution in [2.24, 2.45) is 5.73 Å². The molecule has 0 heterocycles. The van der Waals surface area contributed by atoms with Gasteiger partial charge in [-0.15, -0.1) is 0 Å². The third-order valence-corrected chi connectivity index (χ3v) is 10.8. The number of unbranched alkanes of at least 4 members (excludes halogenated alkanes) is 26. The number of phosphoric acid groups is 1. The number of carbonyl (C=O) groups is 2. The van der Waals surface area contributed by atoms with Crippen LogP contribution in [0, 0.1) is 0 Å². The molecule has 0 amide bonds. The average Bonchev–Trinajstić information content (AvgIpc) is 3.17. The predicted octanol–water partition coefficient (Wildman–Crippen LogP) is 13.2. The zero-order chi connectivity index (χ0) is 40.3. The molecule has 0 aliphatic rings. The zero-order valence-electron chi connectivity index (χ0n) is 35.7. The summed E-state index contributed by atoms with van der Waals surface area (Å²) in [5, 5.41) is 0. The number of ether oxygens (including phenoxy) is 2. The molecule has 0 spiro atoms. The van der Waals surface area contributed by atoms with E-state index in [-0.39, 0.29) is 38.6 Å². The van der Waals surface area contributed by atoms with Gasteiger partial charge in [0.05, 0.1) is 13.2 Å². The minimum absolute atomic E-state index is 0.0523. The van der Waals surface area contributed by atoms with E-state index in [2.05, 4.69) is 38.2 Å². The molecule has 0 bridgehead atoms. The van der Waals surface area contributed by atoms with E-state index in [0.717, 1.165) is 44.9 Å². The van der Waals surface area contributed by atoms with Gasteiger partial charge in [-0.05, 0) is 64.2 Å². The second kappa shape index (κ2) is 42.1. The molecular formula is C45H86NO8P. The number of rotatable bonds is 43. The molecule has 2 atom stereocenters. The molecule has 55 heavy (non-hydrogen) atoms. The standard InChI is InChI=1S/C45H86NO8P/c1-3-5-7-9-11-13-15-17-18-19-20-21-22-23-24-26-27-29-31-33-35-37-44(47)51-41-43(42-53-55(49,50)52-40-39-46)54-45(48)38-36-34-32-30-28-25-16-14-12-10-8-6-4-2/h17-18,25,28,43H,3-16,19-24,26-27,29-42,46H2,1-2H3,(H,49,50)/b18-17+,28-25+/t43-/m0/s1. The van der Waals surface area contributed by atoms with Gasteiger partial charge in [-0.25, -0.2) is 4.57 Å². The molecule has 0 fully saturated rings. The molecule has 324 valence electrons. The number of hydrogen-bond acceptors (Lipinski definition) is 8. The van der Waals surface area contributed by atoms with E-state index in [1.807, 2.05) is 0 Å². The van der Waals surface area contributed by atoms with Gasteiger partial charge >= 0.3 is 19.8 Å². The van der Waals surface area contributed by atoms with Gasteiger partial charge in [0, 0.05) is 19.4 Å². The maximum absolute atomic E-state index is 12.6. The van der Waals surface area contributed by atoms with E-state index < -0.39 is 26.5 Å². The largest absolute Gasteiger partial charge is 0.472 e. The van der Waals surface area contributed by atoms with Crippen LogP contribution in [-0.2, 0) is 32.7 Å². The molecule has 0 radical (unpaired) electrons. The van der Waals surface area contributed by atoms with Gasteiger partial charge < -0.3 is 20.1 Å². The van der Waals surface area contributed by atoms with E-state index in [1.165, 1.54) is 141 Å². The molecule has 0 saturated carbocycles. The van der Waals surface area contributed by atoms with Crippen molar-refractivity contribution in [1.29, 1.82) is 0 Å². The average molecular weight is 800 g/mol. The lowest BCUT2D eigenvalue weighted by Gasteiger charge is -2.19. The number of carbonyl (C=O) groups excluding carboxylic acids is 2. The molecule has 0 saturated heterocycles. The Bertz CT molecular complexity index is 959. The zero-order valence-corrected chi connectivity index (χ0v) is 36.6. The topological polar surface area (TPSA) is 134 Å². The van der Waals surface area contributed by atoms with Crippen molar-refractivity contribution in [3.63, 3.8) is 0 Å². The van der Waals surface area contributed by atoms with Crippen LogP contribution in [0.15, 0.2) is 24.3 Å². The van der Waals surface area contributed by atoms with Crippen molar-refractivity contribution < 1.29 is 37.6 Å². The highest BCUT2D eigenvalue weighted by molar-refractivity contribution is 7.47. The van der Waals surface area contributed by atoms with Crippen LogP contribution >= 0.6 is 7.82 Å². The maximum Gasteiger partial charge on any atom is 0.472 e. The van der Waals surface area contributed by atoms with Gasteiger partial charge in [-0.3, -0.25) is 18.6 Å². The Morgan fingerprint density at radius 3 is 1.31 bits per heavy atom. The first-order valence-corrected chi connectivity index (χ1v) is 24.3. The van der Waals surface area contributed by atoms with E-state index in [4.69, 9.17) is 24.3 Å². The molecule has 1 unspecified atom stereocenters. The minimum Gasteiger partial charge on any atom is -0.462 e. The van der Waals surface area contributed by atoms with E-state index >= 15 is 0 Å². The van der Waals surface area contributed by atoms with Crippen LogP contribution in [0.2, 0.25) is 0 Å². The van der Waals surface area contributed by atoms with E-state index in [9.17, 15) is 19.0 Å². The number of esters is 2. The number of hydrogen-bond donors (Lipinski definition) is 2. The Labute approximate surface area is 338 Å². The van der Waals surface area contributed by atoms with Crippen LogP contribution in [0.1, 0.15) is 219 Å². The fraction of sp³-hybridized carbons (Fsp3) is 0.867. The van der Waals surface area contributed by atoms with Crippen LogP contribution in [0.4, 0.5) is 0 Å². The van der Waals surface area contributed by atoms with Crippen molar-refractivity contribution in [2.45, 2.75) is 225 Å². The third kappa shape index (κ3) is 41.9. The molecule has 9 nitrogen and oxygen atoms in total. The number of allylic oxidation sites excluding steroid dienone is 4. The summed E-state index contributed by atoms with van der Waals surface area (Å²) in [6.45, 7) is 3.72. The number of nitrogens with two attached hydrogens (primary N) is 1. The van der Waals surface area contributed by atoms with Crippen molar-refractivity contribution >= 4 is 19.8 Å². The molecule has 0 aliphatic carbocycles. The Hall–Kier alpha value is -1.51. The maximum atomic E-state index is 12.6.